The van der Waals surface area contributed by atoms with E-state index in [-0.39, 0.29) is 0 Å². The van der Waals surface area contributed by atoms with Crippen LogP contribution in [0.2, 0.25) is 5.02 Å². The number of rotatable bonds is 6. The number of carbonyl (C=O) groups is 1. The minimum Gasteiger partial charge on any atom is -0.479 e. The lowest BCUT2D eigenvalue weighted by molar-refractivity contribution is -0.160. The lowest BCUT2D eigenvalue weighted by Gasteiger charge is -2.28. The summed E-state index contributed by atoms with van der Waals surface area (Å²) in [6.07, 6.45) is 0.527. The van der Waals surface area contributed by atoms with Gasteiger partial charge in [0.2, 0.25) is 5.95 Å². The summed E-state index contributed by atoms with van der Waals surface area (Å²) in [7, 11) is 1.70. The van der Waals surface area contributed by atoms with Gasteiger partial charge in [0.25, 0.3) is 0 Å². The van der Waals surface area contributed by atoms with Crippen molar-refractivity contribution >= 4 is 50.0 Å². The van der Waals surface area contributed by atoms with Gasteiger partial charge < -0.3 is 9.84 Å². The van der Waals surface area contributed by atoms with Crippen LogP contribution in [-0.4, -0.2) is 36.4 Å². The van der Waals surface area contributed by atoms with Gasteiger partial charge in [-0.25, -0.2) is 9.78 Å². The molecule has 6 rings (SSSR count). The maximum Gasteiger partial charge on any atom is 0.337 e. The van der Waals surface area contributed by atoms with Gasteiger partial charge in [-0.05, 0) is 81.3 Å². The Labute approximate surface area is 256 Å². The summed E-state index contributed by atoms with van der Waals surface area (Å²) in [5, 5.41) is 16.0. The Hall–Kier alpha value is -4.18. The lowest BCUT2D eigenvalue weighted by Crippen LogP contribution is -2.28. The van der Waals surface area contributed by atoms with Crippen LogP contribution in [0, 0.1) is 12.9 Å². The molecule has 7 nitrogen and oxygen atoms in total. The van der Waals surface area contributed by atoms with Gasteiger partial charge in [-0.15, -0.1) is 16.4 Å². The number of fused-ring (bicyclic) bond motifs is 2. The summed E-state index contributed by atoms with van der Waals surface area (Å²) >= 11 is 7.70. The first kappa shape index (κ1) is 28.9. The maximum absolute atomic E-state index is 14.1. The molecule has 0 aliphatic carbocycles. The molecule has 43 heavy (non-hydrogen) atoms. The zero-order chi connectivity index (χ0) is 30.6. The van der Waals surface area contributed by atoms with E-state index in [1.54, 1.807) is 31.4 Å². The van der Waals surface area contributed by atoms with E-state index >= 15 is 0 Å². The number of hydrogen-bond donors (Lipinski definition) is 1. The SMILES string of the molecule is Cc1cc2nc(-c3ccnc(-c4ccc5c(F)nn(C)c5c4)c3)sc2c(-c2ccc(Cl)cc2)c1[C@H](OC(C)(C)C)C(=O)O. The molecule has 3 aromatic carbocycles. The maximum atomic E-state index is 14.1. The van der Waals surface area contributed by atoms with Gasteiger partial charge in [-0.2, -0.15) is 4.39 Å². The van der Waals surface area contributed by atoms with Crippen molar-refractivity contribution in [2.75, 3.05) is 0 Å². The standard InChI is InChI=1S/C33H28ClFN4O3S/c1-17-14-24-29(27(18-6-9-21(34)10-7-18)26(17)28(32(40)41)42-33(2,3)4)43-31(37-24)20-12-13-36-23(15-20)19-8-11-22-25(16-19)39(5)38-30(22)35/h6-16,28H,1-5H3,(H,40,41)/t28-/m0/s1. The van der Waals surface area contributed by atoms with Crippen molar-refractivity contribution in [2.45, 2.75) is 39.4 Å². The molecular formula is C33H28ClFN4O3S. The van der Waals surface area contributed by atoms with Crippen LogP contribution in [0.3, 0.4) is 0 Å². The number of aryl methyl sites for hydroxylation is 2. The van der Waals surface area contributed by atoms with Crippen LogP contribution in [0.5, 0.6) is 0 Å². The molecular weight excluding hydrogens is 587 g/mol. The van der Waals surface area contributed by atoms with Crippen molar-refractivity contribution < 1.29 is 19.0 Å². The Kier molecular flexibility index (Phi) is 7.28. The summed E-state index contributed by atoms with van der Waals surface area (Å²) in [5.41, 5.74) is 6.02. The summed E-state index contributed by atoms with van der Waals surface area (Å²) in [6, 6.07) is 18.5. The van der Waals surface area contributed by atoms with Gasteiger partial charge in [-0.3, -0.25) is 9.67 Å². The number of carboxylic acids is 1. The van der Waals surface area contributed by atoms with E-state index in [1.165, 1.54) is 16.0 Å². The summed E-state index contributed by atoms with van der Waals surface area (Å²) in [5.74, 6) is -1.58. The number of ether oxygens (including phenoxy) is 1. The highest BCUT2D eigenvalue weighted by atomic mass is 35.5. The number of hydrogen-bond acceptors (Lipinski definition) is 6. The van der Waals surface area contributed by atoms with Gasteiger partial charge in [0, 0.05) is 40.5 Å². The normalized spacial score (nSPS) is 12.7. The molecule has 0 saturated carbocycles. The fourth-order valence-electron chi connectivity index (χ4n) is 5.26. The fourth-order valence-corrected chi connectivity index (χ4v) is 6.50. The predicted octanol–water partition coefficient (Wildman–Crippen LogP) is 8.62. The molecule has 10 heteroatoms. The molecule has 0 radical (unpaired) electrons. The van der Waals surface area contributed by atoms with Gasteiger partial charge >= 0.3 is 5.97 Å². The molecule has 0 aliphatic rings. The lowest BCUT2D eigenvalue weighted by atomic mass is 9.91. The van der Waals surface area contributed by atoms with Crippen molar-refractivity contribution in [1.82, 2.24) is 19.7 Å². The molecule has 0 saturated heterocycles. The van der Waals surface area contributed by atoms with Crippen LogP contribution < -0.4 is 0 Å². The Balaban J connectivity index is 1.53. The second-order valence-corrected chi connectivity index (χ2v) is 12.8. The topological polar surface area (TPSA) is 90.1 Å². The minimum atomic E-state index is -1.19. The Morgan fingerprint density at radius 1 is 1.05 bits per heavy atom. The quantitative estimate of drug-likeness (QED) is 0.202. The third-order valence-electron chi connectivity index (χ3n) is 7.13. The minimum absolute atomic E-state index is 0.449. The first-order chi connectivity index (χ1) is 20.4. The van der Waals surface area contributed by atoms with Gasteiger partial charge in [-0.1, -0.05) is 29.8 Å². The average Bonchev–Trinajstić information content (AvgIpc) is 3.51. The highest BCUT2D eigenvalue weighted by Crippen LogP contribution is 2.44. The second kappa shape index (κ2) is 10.8. The van der Waals surface area contributed by atoms with Gasteiger partial charge in [0.05, 0.1) is 32.4 Å². The summed E-state index contributed by atoms with van der Waals surface area (Å²) in [6.45, 7) is 7.41. The van der Waals surface area contributed by atoms with E-state index in [9.17, 15) is 14.3 Å². The van der Waals surface area contributed by atoms with Crippen LogP contribution in [0.25, 0.3) is 54.1 Å². The van der Waals surface area contributed by atoms with Crippen LogP contribution in [0.4, 0.5) is 4.39 Å². The predicted molar refractivity (Wildman–Crippen MR) is 169 cm³/mol. The first-order valence-electron chi connectivity index (χ1n) is 13.6. The molecule has 0 amide bonds. The average molecular weight is 615 g/mol. The Morgan fingerprint density at radius 3 is 2.47 bits per heavy atom. The van der Waals surface area contributed by atoms with Gasteiger partial charge in [0.15, 0.2) is 6.10 Å². The smallest absolute Gasteiger partial charge is 0.337 e. The van der Waals surface area contributed by atoms with E-state index in [0.29, 0.717) is 27.2 Å². The molecule has 1 atom stereocenters. The van der Waals surface area contributed by atoms with Gasteiger partial charge in [0.1, 0.15) is 5.01 Å². The highest BCUT2D eigenvalue weighted by molar-refractivity contribution is 7.22. The number of nitrogens with zero attached hydrogens (tertiary/aromatic N) is 4. The summed E-state index contributed by atoms with van der Waals surface area (Å²) in [4.78, 5) is 22.2. The number of aromatic nitrogens is 4. The van der Waals surface area contributed by atoms with E-state index in [0.717, 1.165) is 43.0 Å². The molecule has 3 aromatic heterocycles. The molecule has 0 spiro atoms. The van der Waals surface area contributed by atoms with Crippen LogP contribution in [0.1, 0.15) is 38.0 Å². The van der Waals surface area contributed by atoms with Crippen molar-refractivity contribution in [2.24, 2.45) is 7.05 Å². The van der Waals surface area contributed by atoms with Crippen LogP contribution in [0.15, 0.2) is 66.9 Å². The molecule has 0 bridgehead atoms. The number of carboxylic acid groups (broad SMARTS) is 1. The van der Waals surface area contributed by atoms with Crippen molar-refractivity contribution in [3.05, 3.63) is 89.0 Å². The zero-order valence-corrected chi connectivity index (χ0v) is 25.7. The van der Waals surface area contributed by atoms with E-state index < -0.39 is 23.6 Å². The summed E-state index contributed by atoms with van der Waals surface area (Å²) < 4.78 is 22.6. The molecule has 1 N–H and O–H groups in total. The number of benzene rings is 3. The largest absolute Gasteiger partial charge is 0.479 e. The number of pyridine rings is 1. The third-order valence-corrected chi connectivity index (χ3v) is 8.52. The van der Waals surface area contributed by atoms with Crippen LogP contribution in [-0.2, 0) is 16.6 Å². The Morgan fingerprint density at radius 2 is 1.77 bits per heavy atom. The van der Waals surface area contributed by atoms with E-state index in [4.69, 9.17) is 21.3 Å². The van der Waals surface area contributed by atoms with E-state index in [2.05, 4.69) is 10.1 Å². The van der Waals surface area contributed by atoms with Crippen molar-refractivity contribution in [3.8, 4) is 33.0 Å². The monoisotopic (exact) mass is 614 g/mol. The number of halogens is 2. The second-order valence-electron chi connectivity index (χ2n) is 11.4. The van der Waals surface area contributed by atoms with Crippen molar-refractivity contribution in [1.29, 1.82) is 0 Å². The molecule has 218 valence electrons. The number of aliphatic carboxylic acids is 1. The molecule has 0 aliphatic heterocycles. The Bertz CT molecular complexity index is 2030. The first-order valence-corrected chi connectivity index (χ1v) is 14.8. The molecule has 0 unspecified atom stereocenters. The molecule has 0 fully saturated rings. The fraction of sp³-hybridized carbons (Fsp3) is 0.212. The van der Waals surface area contributed by atoms with Crippen LogP contribution >= 0.6 is 22.9 Å². The van der Waals surface area contributed by atoms with E-state index in [1.807, 2.05) is 70.2 Å². The third kappa shape index (κ3) is 5.51. The zero-order valence-electron chi connectivity index (χ0n) is 24.1. The molecule has 3 heterocycles. The molecule has 6 aromatic rings. The number of thiazole rings is 1. The van der Waals surface area contributed by atoms with Crippen molar-refractivity contribution in [3.63, 3.8) is 0 Å². The highest BCUT2D eigenvalue weighted by Gasteiger charge is 2.32.